The van der Waals surface area contributed by atoms with Crippen molar-refractivity contribution in [3.05, 3.63) is 21.6 Å². The summed E-state index contributed by atoms with van der Waals surface area (Å²) in [4.78, 5) is 16.2. The van der Waals surface area contributed by atoms with E-state index in [1.807, 2.05) is 6.07 Å². The molecule has 1 aromatic carbocycles. The minimum Gasteiger partial charge on any atom is -0.301 e. The average Bonchev–Trinajstić information content (AvgIpc) is 2.78. The number of carbonyl (C=O) groups excluding carboxylic acids is 1. The third kappa shape index (κ3) is 3.93. The molecular weight excluding hydrogens is 427 g/mol. The normalized spacial score (nSPS) is 12.6. The minimum atomic E-state index is -0.184. The standard InChI is InChI=1S/C13H13Br2ClN2OS/c1-2-3-4-8(15)12(19)18-13-17-11-9(16)5-7(14)6-10(11)20-13/h5-6,8H,2-4H2,1H3,(H,17,18,19)/t8-/m1/s1. The van der Waals surface area contributed by atoms with Crippen molar-refractivity contribution in [2.45, 2.75) is 31.0 Å². The Labute approximate surface area is 143 Å². The lowest BCUT2D eigenvalue weighted by Gasteiger charge is -2.07. The van der Waals surface area contributed by atoms with Gasteiger partial charge in [-0.1, -0.05) is 74.6 Å². The van der Waals surface area contributed by atoms with Gasteiger partial charge in [-0.3, -0.25) is 4.79 Å². The SMILES string of the molecule is CCCC[C@@H](Br)C(=O)Nc1nc2c(Cl)cc(Br)cc2s1. The summed E-state index contributed by atoms with van der Waals surface area (Å²) in [6.45, 7) is 2.10. The molecule has 0 aliphatic carbocycles. The summed E-state index contributed by atoms with van der Waals surface area (Å²) in [5.74, 6) is -0.0623. The molecule has 0 bridgehead atoms. The quantitative estimate of drug-likeness (QED) is 0.615. The number of halogens is 3. The first-order chi connectivity index (χ1) is 9.51. The molecule has 1 N–H and O–H groups in total. The van der Waals surface area contributed by atoms with E-state index in [9.17, 15) is 4.79 Å². The second-order valence-electron chi connectivity index (χ2n) is 4.35. The molecule has 1 amide bonds. The van der Waals surface area contributed by atoms with Crippen molar-refractivity contribution in [3.63, 3.8) is 0 Å². The van der Waals surface area contributed by atoms with Crippen molar-refractivity contribution < 1.29 is 4.79 Å². The van der Waals surface area contributed by atoms with Crippen LogP contribution in [0.1, 0.15) is 26.2 Å². The third-order valence-corrected chi connectivity index (χ3v) is 5.28. The largest absolute Gasteiger partial charge is 0.301 e. The summed E-state index contributed by atoms with van der Waals surface area (Å²) in [7, 11) is 0. The summed E-state index contributed by atoms with van der Waals surface area (Å²) >= 11 is 14.3. The highest BCUT2D eigenvalue weighted by atomic mass is 79.9. The van der Waals surface area contributed by atoms with E-state index in [1.54, 1.807) is 6.07 Å². The highest BCUT2D eigenvalue weighted by Crippen LogP contribution is 2.34. The molecule has 0 aliphatic rings. The summed E-state index contributed by atoms with van der Waals surface area (Å²) in [6, 6.07) is 3.74. The highest BCUT2D eigenvalue weighted by molar-refractivity contribution is 9.10. The summed E-state index contributed by atoms with van der Waals surface area (Å²) < 4.78 is 1.84. The fraction of sp³-hybridized carbons (Fsp3) is 0.385. The fourth-order valence-electron chi connectivity index (χ4n) is 1.71. The number of alkyl halides is 1. The number of hydrogen-bond donors (Lipinski definition) is 1. The Kier molecular flexibility index (Phi) is 5.84. The zero-order valence-corrected chi connectivity index (χ0v) is 15.5. The number of carbonyl (C=O) groups is 1. The molecule has 1 aromatic heterocycles. The molecule has 0 aliphatic heterocycles. The summed E-state index contributed by atoms with van der Waals surface area (Å²) in [5, 5.41) is 3.99. The van der Waals surface area contributed by atoms with E-state index in [1.165, 1.54) is 11.3 Å². The molecule has 2 rings (SSSR count). The monoisotopic (exact) mass is 438 g/mol. The van der Waals surface area contributed by atoms with E-state index in [4.69, 9.17) is 11.6 Å². The van der Waals surface area contributed by atoms with Crippen molar-refractivity contribution in [1.29, 1.82) is 0 Å². The Bertz CT molecular complexity index is 632. The lowest BCUT2D eigenvalue weighted by molar-refractivity contribution is -0.115. The molecule has 0 fully saturated rings. The predicted octanol–water partition coefficient (Wildman–Crippen LogP) is 5.60. The molecule has 3 nitrogen and oxygen atoms in total. The number of amides is 1. The number of nitrogens with zero attached hydrogens (tertiary/aromatic N) is 1. The first kappa shape index (κ1) is 16.2. The first-order valence-electron chi connectivity index (χ1n) is 6.21. The second-order valence-corrected chi connectivity index (χ2v) is 7.81. The smallest absolute Gasteiger partial charge is 0.239 e. The van der Waals surface area contributed by atoms with Crippen LogP contribution in [0, 0.1) is 0 Å². The van der Waals surface area contributed by atoms with Crippen LogP contribution >= 0.6 is 54.8 Å². The first-order valence-corrected chi connectivity index (χ1v) is 9.12. The van der Waals surface area contributed by atoms with Crippen LogP contribution < -0.4 is 5.32 Å². The van der Waals surface area contributed by atoms with Crippen molar-refractivity contribution in [2.24, 2.45) is 0 Å². The zero-order valence-electron chi connectivity index (χ0n) is 10.8. The van der Waals surface area contributed by atoms with E-state index < -0.39 is 0 Å². The van der Waals surface area contributed by atoms with Crippen LogP contribution in [0.5, 0.6) is 0 Å². The Morgan fingerprint density at radius 2 is 2.30 bits per heavy atom. The van der Waals surface area contributed by atoms with Crippen molar-refractivity contribution in [3.8, 4) is 0 Å². The van der Waals surface area contributed by atoms with Gasteiger partial charge in [0, 0.05) is 4.47 Å². The summed E-state index contributed by atoms with van der Waals surface area (Å²) in [6.07, 6.45) is 2.90. The Balaban J connectivity index is 2.14. The van der Waals surface area contributed by atoms with E-state index >= 15 is 0 Å². The number of hydrogen-bond acceptors (Lipinski definition) is 3. The van der Waals surface area contributed by atoms with Gasteiger partial charge in [-0.25, -0.2) is 4.98 Å². The predicted molar refractivity (Wildman–Crippen MR) is 93.2 cm³/mol. The lowest BCUT2D eigenvalue weighted by atomic mass is 10.2. The van der Waals surface area contributed by atoms with Crippen LogP contribution in [0.2, 0.25) is 5.02 Å². The minimum absolute atomic E-state index is 0.0623. The molecule has 2 aromatic rings. The number of unbranched alkanes of at least 4 members (excludes halogenated alkanes) is 1. The molecule has 0 saturated heterocycles. The highest BCUT2D eigenvalue weighted by Gasteiger charge is 2.16. The van der Waals surface area contributed by atoms with Gasteiger partial charge < -0.3 is 5.32 Å². The van der Waals surface area contributed by atoms with Crippen molar-refractivity contribution in [2.75, 3.05) is 5.32 Å². The Morgan fingerprint density at radius 3 is 3.00 bits per heavy atom. The molecule has 0 radical (unpaired) electrons. The third-order valence-electron chi connectivity index (χ3n) is 2.74. The molecular formula is C13H13Br2ClN2OS. The molecule has 7 heteroatoms. The topological polar surface area (TPSA) is 42.0 Å². The van der Waals surface area contributed by atoms with Gasteiger partial charge in [0.05, 0.1) is 14.5 Å². The van der Waals surface area contributed by atoms with Gasteiger partial charge in [0.25, 0.3) is 0 Å². The molecule has 108 valence electrons. The van der Waals surface area contributed by atoms with E-state index in [-0.39, 0.29) is 10.7 Å². The molecule has 20 heavy (non-hydrogen) atoms. The average molecular weight is 441 g/mol. The van der Waals surface area contributed by atoms with Gasteiger partial charge in [0.2, 0.25) is 5.91 Å². The van der Waals surface area contributed by atoms with Gasteiger partial charge in [-0.15, -0.1) is 0 Å². The maximum Gasteiger partial charge on any atom is 0.239 e. The van der Waals surface area contributed by atoms with Crippen LogP contribution in [0.3, 0.4) is 0 Å². The van der Waals surface area contributed by atoms with Gasteiger partial charge in [-0.05, 0) is 18.6 Å². The lowest BCUT2D eigenvalue weighted by Crippen LogP contribution is -2.22. The van der Waals surface area contributed by atoms with Crippen molar-refractivity contribution >= 4 is 76.1 Å². The van der Waals surface area contributed by atoms with E-state index in [2.05, 4.69) is 49.1 Å². The molecule has 0 saturated carbocycles. The van der Waals surface area contributed by atoms with Gasteiger partial charge >= 0.3 is 0 Å². The molecule has 0 spiro atoms. The number of thiazole rings is 1. The molecule has 1 heterocycles. The Morgan fingerprint density at radius 1 is 1.55 bits per heavy atom. The van der Waals surface area contributed by atoms with Crippen molar-refractivity contribution in [1.82, 2.24) is 4.98 Å². The van der Waals surface area contributed by atoms with Crippen LogP contribution in [0.25, 0.3) is 10.2 Å². The fourth-order valence-corrected chi connectivity index (χ4v) is 4.14. The zero-order chi connectivity index (χ0) is 14.7. The van der Waals surface area contributed by atoms with Crippen LogP contribution in [-0.4, -0.2) is 15.7 Å². The number of anilines is 1. The van der Waals surface area contributed by atoms with Crippen LogP contribution in [-0.2, 0) is 4.79 Å². The number of rotatable bonds is 5. The second kappa shape index (κ2) is 7.20. The number of aromatic nitrogens is 1. The number of fused-ring (bicyclic) bond motifs is 1. The van der Waals surface area contributed by atoms with E-state index in [0.29, 0.717) is 10.2 Å². The molecule has 1 atom stereocenters. The number of benzene rings is 1. The van der Waals surface area contributed by atoms with Crippen LogP contribution in [0.4, 0.5) is 5.13 Å². The van der Waals surface area contributed by atoms with Crippen LogP contribution in [0.15, 0.2) is 16.6 Å². The van der Waals surface area contributed by atoms with Gasteiger partial charge in [0.1, 0.15) is 5.52 Å². The maximum absolute atomic E-state index is 12.0. The summed E-state index contributed by atoms with van der Waals surface area (Å²) in [5.41, 5.74) is 0.717. The van der Waals surface area contributed by atoms with E-state index in [0.717, 1.165) is 34.0 Å². The van der Waals surface area contributed by atoms with Gasteiger partial charge in [0.15, 0.2) is 5.13 Å². The van der Waals surface area contributed by atoms with Gasteiger partial charge in [-0.2, -0.15) is 0 Å². The molecule has 0 unspecified atom stereocenters. The Hall–Kier alpha value is -0.170. The maximum atomic E-state index is 12.0. The number of nitrogens with one attached hydrogen (secondary N) is 1.